The molecule has 0 fully saturated rings. The molecule has 1 aromatic carbocycles. The van der Waals surface area contributed by atoms with Crippen LogP contribution in [0.4, 0.5) is 11.4 Å². The molecule has 0 bridgehead atoms. The number of anilines is 1. The summed E-state index contributed by atoms with van der Waals surface area (Å²) in [4.78, 5) is 22.0. The summed E-state index contributed by atoms with van der Waals surface area (Å²) in [5, 5.41) is 13.3. The number of nitro benzene ring substituents is 1. The Labute approximate surface area is 119 Å². The summed E-state index contributed by atoms with van der Waals surface area (Å²) in [6, 6.07) is 4.42. The van der Waals surface area contributed by atoms with Crippen LogP contribution in [0.25, 0.3) is 0 Å². The molecule has 19 heavy (non-hydrogen) atoms. The van der Waals surface area contributed by atoms with Crippen molar-refractivity contribution < 1.29 is 14.5 Å². The van der Waals surface area contributed by atoms with Crippen molar-refractivity contribution in [2.45, 2.75) is 26.4 Å². The molecular weight excluding hydrogens is 316 g/mol. The second-order valence-corrected chi connectivity index (χ2v) is 5.78. The smallest absolute Gasteiger partial charge is 0.293 e. The quantitative estimate of drug-likeness (QED) is 0.679. The van der Waals surface area contributed by atoms with Crippen LogP contribution in [-0.4, -0.2) is 23.0 Å². The molecule has 6 nitrogen and oxygen atoms in total. The van der Waals surface area contributed by atoms with E-state index in [4.69, 9.17) is 4.74 Å². The number of benzene rings is 1. The molecule has 1 aromatic rings. The number of halogens is 1. The zero-order valence-corrected chi connectivity index (χ0v) is 12.5. The van der Waals surface area contributed by atoms with E-state index < -0.39 is 16.4 Å². The van der Waals surface area contributed by atoms with Gasteiger partial charge in [0.25, 0.3) is 11.6 Å². The molecule has 0 saturated carbocycles. The van der Waals surface area contributed by atoms with Gasteiger partial charge in [-0.3, -0.25) is 14.9 Å². The zero-order valence-electron chi connectivity index (χ0n) is 10.9. The topological polar surface area (TPSA) is 81.5 Å². The minimum Gasteiger partial charge on any atom is -0.366 e. The van der Waals surface area contributed by atoms with Crippen LogP contribution in [0.5, 0.6) is 0 Å². The number of amides is 1. The lowest BCUT2D eigenvalue weighted by Gasteiger charge is -2.18. The Morgan fingerprint density at radius 2 is 2.11 bits per heavy atom. The van der Waals surface area contributed by atoms with Gasteiger partial charge in [0, 0.05) is 10.5 Å². The van der Waals surface area contributed by atoms with Gasteiger partial charge in [0.1, 0.15) is 12.3 Å². The largest absolute Gasteiger partial charge is 0.366 e. The van der Waals surface area contributed by atoms with Crippen molar-refractivity contribution in [1.82, 2.24) is 0 Å². The van der Waals surface area contributed by atoms with Crippen molar-refractivity contribution in [3.05, 3.63) is 32.8 Å². The van der Waals surface area contributed by atoms with Gasteiger partial charge in [-0.05, 0) is 32.9 Å². The number of carbonyl (C=O) groups excluding carboxylic acids is 1. The van der Waals surface area contributed by atoms with Crippen molar-refractivity contribution in [3.63, 3.8) is 0 Å². The van der Waals surface area contributed by atoms with Crippen molar-refractivity contribution in [1.29, 1.82) is 0 Å². The van der Waals surface area contributed by atoms with Crippen LogP contribution in [0.1, 0.15) is 20.8 Å². The summed E-state index contributed by atoms with van der Waals surface area (Å²) in [7, 11) is 0. The van der Waals surface area contributed by atoms with Gasteiger partial charge >= 0.3 is 0 Å². The standard InChI is InChI=1S/C12H15BrN2O4/c1-12(2,3)19-7-11(16)14-9-5-4-8(13)6-10(9)15(17)18/h4-6H,7H2,1-3H3,(H,14,16). The molecule has 0 aliphatic carbocycles. The second kappa shape index (κ2) is 6.12. The fraction of sp³-hybridized carbons (Fsp3) is 0.417. The molecule has 1 amide bonds. The van der Waals surface area contributed by atoms with Crippen LogP contribution in [-0.2, 0) is 9.53 Å². The Hall–Kier alpha value is -1.47. The zero-order chi connectivity index (χ0) is 14.6. The summed E-state index contributed by atoms with van der Waals surface area (Å²) in [5.41, 5.74) is -0.461. The molecule has 0 atom stereocenters. The molecule has 1 rings (SSSR count). The van der Waals surface area contributed by atoms with Gasteiger partial charge in [-0.1, -0.05) is 15.9 Å². The van der Waals surface area contributed by atoms with Crippen LogP contribution in [0, 0.1) is 10.1 Å². The fourth-order valence-electron chi connectivity index (χ4n) is 1.23. The molecule has 7 heteroatoms. The van der Waals surface area contributed by atoms with Gasteiger partial charge in [-0.2, -0.15) is 0 Å². The third kappa shape index (κ3) is 5.35. The molecule has 0 aromatic heterocycles. The molecule has 0 spiro atoms. The lowest BCUT2D eigenvalue weighted by Crippen LogP contribution is -2.27. The molecule has 1 N–H and O–H groups in total. The fourth-order valence-corrected chi connectivity index (χ4v) is 1.58. The number of nitro groups is 1. The highest BCUT2D eigenvalue weighted by molar-refractivity contribution is 9.10. The van der Waals surface area contributed by atoms with E-state index >= 15 is 0 Å². The maximum Gasteiger partial charge on any atom is 0.293 e. The first-order valence-corrected chi connectivity index (χ1v) is 6.36. The third-order valence-electron chi connectivity index (χ3n) is 2.07. The Morgan fingerprint density at radius 3 is 2.63 bits per heavy atom. The monoisotopic (exact) mass is 330 g/mol. The van der Waals surface area contributed by atoms with E-state index in [0.29, 0.717) is 4.47 Å². The summed E-state index contributed by atoms with van der Waals surface area (Å²) < 4.78 is 5.87. The van der Waals surface area contributed by atoms with Gasteiger partial charge in [0.15, 0.2) is 0 Å². The Kier molecular flexibility index (Phi) is 5.02. The number of hydrogen-bond donors (Lipinski definition) is 1. The Morgan fingerprint density at radius 1 is 1.47 bits per heavy atom. The number of hydrogen-bond acceptors (Lipinski definition) is 4. The molecule has 0 heterocycles. The lowest BCUT2D eigenvalue weighted by atomic mass is 10.2. The minimum atomic E-state index is -0.551. The number of nitrogens with one attached hydrogen (secondary N) is 1. The average molecular weight is 331 g/mol. The van der Waals surface area contributed by atoms with Crippen LogP contribution in [0.2, 0.25) is 0 Å². The highest BCUT2D eigenvalue weighted by Crippen LogP contribution is 2.27. The summed E-state index contributed by atoms with van der Waals surface area (Å²) in [6.45, 7) is 5.31. The maximum absolute atomic E-state index is 11.6. The van der Waals surface area contributed by atoms with E-state index in [2.05, 4.69) is 21.2 Å². The van der Waals surface area contributed by atoms with Crippen molar-refractivity contribution >= 4 is 33.2 Å². The van der Waals surface area contributed by atoms with Gasteiger partial charge < -0.3 is 10.1 Å². The maximum atomic E-state index is 11.6. The van der Waals surface area contributed by atoms with Gasteiger partial charge in [-0.15, -0.1) is 0 Å². The van der Waals surface area contributed by atoms with Gasteiger partial charge in [0.2, 0.25) is 0 Å². The highest BCUT2D eigenvalue weighted by Gasteiger charge is 2.18. The van der Waals surface area contributed by atoms with E-state index in [-0.39, 0.29) is 18.0 Å². The number of carbonyl (C=O) groups is 1. The number of nitrogens with zero attached hydrogens (tertiary/aromatic N) is 1. The number of ether oxygens (including phenoxy) is 1. The average Bonchev–Trinajstić information content (AvgIpc) is 2.28. The SMILES string of the molecule is CC(C)(C)OCC(=O)Nc1ccc(Br)cc1[N+](=O)[O-]. The Bertz CT molecular complexity index is 497. The van der Waals surface area contributed by atoms with Crippen molar-refractivity contribution in [2.24, 2.45) is 0 Å². The van der Waals surface area contributed by atoms with Gasteiger partial charge in [0.05, 0.1) is 10.5 Å². The predicted molar refractivity (Wildman–Crippen MR) is 75.1 cm³/mol. The molecule has 0 unspecified atom stereocenters. The molecule has 0 saturated heterocycles. The first-order valence-electron chi connectivity index (χ1n) is 5.57. The van der Waals surface area contributed by atoms with Crippen LogP contribution in [0.15, 0.2) is 22.7 Å². The number of rotatable bonds is 4. The van der Waals surface area contributed by atoms with Crippen LogP contribution >= 0.6 is 15.9 Å². The van der Waals surface area contributed by atoms with Crippen molar-refractivity contribution in [2.75, 3.05) is 11.9 Å². The van der Waals surface area contributed by atoms with E-state index in [9.17, 15) is 14.9 Å². The molecule has 104 valence electrons. The summed E-state index contributed by atoms with van der Waals surface area (Å²) >= 11 is 3.15. The van der Waals surface area contributed by atoms with E-state index in [0.717, 1.165) is 0 Å². The third-order valence-corrected chi connectivity index (χ3v) is 2.56. The molecule has 0 radical (unpaired) electrons. The van der Waals surface area contributed by atoms with Crippen LogP contribution < -0.4 is 5.32 Å². The van der Waals surface area contributed by atoms with E-state index in [1.54, 1.807) is 6.07 Å². The van der Waals surface area contributed by atoms with Crippen LogP contribution in [0.3, 0.4) is 0 Å². The second-order valence-electron chi connectivity index (χ2n) is 4.87. The summed E-state index contributed by atoms with van der Waals surface area (Å²) in [6.07, 6.45) is 0. The summed E-state index contributed by atoms with van der Waals surface area (Å²) in [5.74, 6) is -0.430. The van der Waals surface area contributed by atoms with E-state index in [1.807, 2.05) is 20.8 Å². The molecule has 0 aliphatic heterocycles. The lowest BCUT2D eigenvalue weighted by molar-refractivity contribution is -0.384. The van der Waals surface area contributed by atoms with E-state index in [1.165, 1.54) is 12.1 Å². The molecular formula is C12H15BrN2O4. The highest BCUT2D eigenvalue weighted by atomic mass is 79.9. The first-order chi connectivity index (χ1) is 8.69. The first kappa shape index (κ1) is 15.6. The Balaban J connectivity index is 2.77. The minimum absolute atomic E-state index is 0.149. The normalized spacial score (nSPS) is 11.2. The van der Waals surface area contributed by atoms with Crippen molar-refractivity contribution in [3.8, 4) is 0 Å². The predicted octanol–water partition coefficient (Wildman–Crippen LogP) is 3.11. The molecule has 0 aliphatic rings. The van der Waals surface area contributed by atoms with Gasteiger partial charge in [-0.25, -0.2) is 0 Å².